The van der Waals surface area contributed by atoms with Gasteiger partial charge in [-0.25, -0.2) is 9.78 Å². The van der Waals surface area contributed by atoms with Crippen LogP contribution in [0.25, 0.3) is 0 Å². The van der Waals surface area contributed by atoms with Crippen LogP contribution < -0.4 is 5.73 Å². The number of esters is 1. The first-order chi connectivity index (χ1) is 9.70. The molecule has 2 N–H and O–H groups in total. The van der Waals surface area contributed by atoms with E-state index in [9.17, 15) is 4.79 Å². The zero-order chi connectivity index (χ0) is 14.4. The molecule has 1 aromatic rings. The van der Waals surface area contributed by atoms with Crippen molar-refractivity contribution < 1.29 is 14.4 Å². The highest BCUT2D eigenvalue weighted by Crippen LogP contribution is 2.20. The van der Waals surface area contributed by atoms with Crippen LogP contribution in [0.5, 0.6) is 0 Å². The van der Waals surface area contributed by atoms with E-state index < -0.39 is 5.97 Å². The lowest BCUT2D eigenvalue weighted by molar-refractivity contribution is -0.135. The van der Waals surface area contributed by atoms with E-state index in [0.29, 0.717) is 10.8 Å². The Morgan fingerprint density at radius 1 is 1.55 bits per heavy atom. The number of nitrogen functional groups attached to an aromatic ring is 1. The number of thioether (sulfide) groups is 1. The second-order valence-electron chi connectivity index (χ2n) is 4.15. The zero-order valence-electron chi connectivity index (χ0n) is 11.2. The van der Waals surface area contributed by atoms with E-state index in [1.54, 1.807) is 12.3 Å². The number of hydrogen-bond acceptors (Lipinski definition) is 8. The molecule has 8 heteroatoms. The van der Waals surface area contributed by atoms with Gasteiger partial charge in [-0.2, -0.15) is 11.8 Å². The molecular weight excluding hydrogens is 298 g/mol. The molecular formula is C12H17N3O3S2. The topological polar surface area (TPSA) is 86.8 Å². The van der Waals surface area contributed by atoms with Gasteiger partial charge in [-0.1, -0.05) is 5.16 Å². The van der Waals surface area contributed by atoms with Gasteiger partial charge in [0.2, 0.25) is 5.71 Å². The Morgan fingerprint density at radius 2 is 2.30 bits per heavy atom. The van der Waals surface area contributed by atoms with E-state index >= 15 is 0 Å². The van der Waals surface area contributed by atoms with Crippen LogP contribution in [0.2, 0.25) is 0 Å². The van der Waals surface area contributed by atoms with Crippen LogP contribution in [0.3, 0.4) is 0 Å². The molecule has 0 amide bonds. The molecule has 2 rings (SSSR count). The van der Waals surface area contributed by atoms with Crippen LogP contribution >= 0.6 is 23.1 Å². The van der Waals surface area contributed by atoms with Crippen molar-refractivity contribution in [1.29, 1.82) is 0 Å². The lowest BCUT2D eigenvalue weighted by Gasteiger charge is -2.19. The van der Waals surface area contributed by atoms with Gasteiger partial charge in [0.15, 0.2) is 5.13 Å². The normalized spacial score (nSPS) is 16.9. The van der Waals surface area contributed by atoms with Crippen LogP contribution in [0.15, 0.2) is 10.5 Å². The Kier molecular flexibility index (Phi) is 5.66. The summed E-state index contributed by atoms with van der Waals surface area (Å²) in [6, 6.07) is 0. The summed E-state index contributed by atoms with van der Waals surface area (Å²) in [5.41, 5.74) is 6.07. The summed E-state index contributed by atoms with van der Waals surface area (Å²) >= 11 is 3.15. The third-order valence-corrected chi connectivity index (χ3v) is 4.42. The van der Waals surface area contributed by atoms with Crippen molar-refractivity contribution in [2.24, 2.45) is 5.16 Å². The van der Waals surface area contributed by atoms with Crippen molar-refractivity contribution in [2.75, 3.05) is 23.8 Å². The largest absolute Gasteiger partial charge is 0.461 e. The number of nitrogens with two attached hydrogens (primary N) is 1. The van der Waals surface area contributed by atoms with Crippen molar-refractivity contribution in [2.45, 2.75) is 25.9 Å². The van der Waals surface area contributed by atoms with E-state index in [4.69, 9.17) is 15.3 Å². The SMILES string of the molecule is CCOC(=O)/C(=N\OC1CCSCC1)c1csc(N)n1. The van der Waals surface area contributed by atoms with Gasteiger partial charge < -0.3 is 15.3 Å². The van der Waals surface area contributed by atoms with Crippen LogP contribution in [0.4, 0.5) is 5.13 Å². The molecule has 0 aliphatic carbocycles. The van der Waals surface area contributed by atoms with Gasteiger partial charge in [-0.3, -0.25) is 0 Å². The monoisotopic (exact) mass is 315 g/mol. The molecule has 6 nitrogen and oxygen atoms in total. The molecule has 0 aromatic carbocycles. The van der Waals surface area contributed by atoms with Crippen molar-refractivity contribution in [3.8, 4) is 0 Å². The first kappa shape index (κ1) is 15.1. The minimum absolute atomic E-state index is 0.0525. The number of aromatic nitrogens is 1. The van der Waals surface area contributed by atoms with Crippen LogP contribution in [-0.4, -0.2) is 40.9 Å². The number of nitrogens with zero attached hydrogens (tertiary/aromatic N) is 2. The smallest absolute Gasteiger partial charge is 0.362 e. The van der Waals surface area contributed by atoms with Gasteiger partial charge in [-0.15, -0.1) is 11.3 Å². The molecule has 20 heavy (non-hydrogen) atoms. The summed E-state index contributed by atoms with van der Waals surface area (Å²) in [6.45, 7) is 2.02. The number of thiazole rings is 1. The van der Waals surface area contributed by atoms with Crippen LogP contribution in [-0.2, 0) is 14.4 Å². The number of carbonyl (C=O) groups is 1. The quantitative estimate of drug-likeness (QED) is 0.507. The predicted octanol–water partition coefficient (Wildman–Crippen LogP) is 1.90. The third kappa shape index (κ3) is 4.11. The summed E-state index contributed by atoms with van der Waals surface area (Å²) in [5, 5.41) is 6.02. The molecule has 2 heterocycles. The first-order valence-electron chi connectivity index (χ1n) is 6.40. The van der Waals surface area contributed by atoms with Gasteiger partial charge in [0.25, 0.3) is 0 Å². The van der Waals surface area contributed by atoms with Crippen molar-refractivity contribution in [1.82, 2.24) is 4.98 Å². The van der Waals surface area contributed by atoms with E-state index in [0.717, 1.165) is 24.3 Å². The zero-order valence-corrected chi connectivity index (χ0v) is 12.8. The molecule has 1 saturated heterocycles. The molecule has 0 atom stereocenters. The van der Waals surface area contributed by atoms with Gasteiger partial charge in [0.05, 0.1) is 6.61 Å². The van der Waals surface area contributed by atoms with Gasteiger partial charge in [-0.05, 0) is 31.3 Å². The van der Waals surface area contributed by atoms with E-state index in [1.807, 2.05) is 11.8 Å². The molecule has 1 fully saturated rings. The summed E-state index contributed by atoms with van der Waals surface area (Å²) in [5.74, 6) is 1.57. The average molecular weight is 315 g/mol. The number of oxime groups is 1. The predicted molar refractivity (Wildman–Crippen MR) is 81.1 cm³/mol. The number of carbonyl (C=O) groups excluding carboxylic acids is 1. The van der Waals surface area contributed by atoms with E-state index in [-0.39, 0.29) is 18.4 Å². The van der Waals surface area contributed by atoms with Crippen molar-refractivity contribution in [3.63, 3.8) is 0 Å². The fourth-order valence-corrected chi connectivity index (χ4v) is 3.30. The minimum atomic E-state index is -0.539. The minimum Gasteiger partial charge on any atom is -0.461 e. The lowest BCUT2D eigenvalue weighted by atomic mass is 10.2. The van der Waals surface area contributed by atoms with Crippen molar-refractivity contribution in [3.05, 3.63) is 11.1 Å². The molecule has 1 aliphatic rings. The summed E-state index contributed by atoms with van der Waals surface area (Å²) in [4.78, 5) is 21.4. The Hall–Kier alpha value is -1.28. The highest BCUT2D eigenvalue weighted by Gasteiger charge is 2.21. The van der Waals surface area contributed by atoms with Gasteiger partial charge in [0.1, 0.15) is 11.8 Å². The highest BCUT2D eigenvalue weighted by molar-refractivity contribution is 7.99. The molecule has 1 aliphatic heterocycles. The maximum Gasteiger partial charge on any atom is 0.362 e. The number of hydrogen-bond donors (Lipinski definition) is 1. The Morgan fingerprint density at radius 3 is 2.90 bits per heavy atom. The average Bonchev–Trinajstić information content (AvgIpc) is 2.87. The molecule has 110 valence electrons. The maximum atomic E-state index is 11.9. The fourth-order valence-electron chi connectivity index (χ4n) is 1.69. The van der Waals surface area contributed by atoms with Gasteiger partial charge in [0, 0.05) is 5.38 Å². The molecule has 0 radical (unpaired) electrons. The summed E-state index contributed by atoms with van der Waals surface area (Å²) < 4.78 is 4.98. The van der Waals surface area contributed by atoms with Crippen LogP contribution in [0, 0.1) is 0 Å². The molecule has 0 saturated carbocycles. The van der Waals surface area contributed by atoms with E-state index in [1.165, 1.54) is 11.3 Å². The summed E-state index contributed by atoms with van der Waals surface area (Å²) in [7, 11) is 0. The third-order valence-electron chi connectivity index (χ3n) is 2.69. The van der Waals surface area contributed by atoms with Crippen LogP contribution in [0.1, 0.15) is 25.5 Å². The molecule has 0 unspecified atom stereocenters. The Labute approximate surface area is 125 Å². The molecule has 1 aromatic heterocycles. The highest BCUT2D eigenvalue weighted by atomic mass is 32.2. The van der Waals surface area contributed by atoms with E-state index in [2.05, 4.69) is 10.1 Å². The second-order valence-corrected chi connectivity index (χ2v) is 6.26. The second kappa shape index (κ2) is 7.49. The number of anilines is 1. The Balaban J connectivity index is 2.10. The number of ether oxygens (including phenoxy) is 1. The van der Waals surface area contributed by atoms with Crippen molar-refractivity contribution >= 4 is 39.9 Å². The standard InChI is InChI=1S/C12H17N3O3S2/c1-2-17-11(16)10(9-7-20-12(13)14-9)15-18-8-3-5-19-6-4-8/h7-8H,2-6H2,1H3,(H2,13,14)/b15-10-. The lowest BCUT2D eigenvalue weighted by Crippen LogP contribution is -2.22. The summed E-state index contributed by atoms with van der Waals surface area (Å²) in [6.07, 6.45) is 1.92. The maximum absolute atomic E-state index is 11.9. The fraction of sp³-hybridized carbons (Fsp3) is 0.583. The molecule has 0 bridgehead atoms. The number of rotatable bonds is 5. The van der Waals surface area contributed by atoms with Gasteiger partial charge >= 0.3 is 5.97 Å². The Bertz CT molecular complexity index is 484. The molecule has 0 spiro atoms. The first-order valence-corrected chi connectivity index (χ1v) is 8.44.